The van der Waals surface area contributed by atoms with Crippen molar-refractivity contribution in [1.82, 2.24) is 25.1 Å². The van der Waals surface area contributed by atoms with Gasteiger partial charge in [0, 0.05) is 42.9 Å². The average molecular weight is 435 g/mol. The molecule has 0 bridgehead atoms. The molecule has 1 aromatic carbocycles. The van der Waals surface area contributed by atoms with Crippen molar-refractivity contribution in [1.29, 1.82) is 0 Å². The minimum absolute atomic E-state index is 0.00784. The number of aliphatic hydroxyl groups excluding tert-OH is 1. The molecule has 168 valence electrons. The van der Waals surface area contributed by atoms with Gasteiger partial charge in [0.05, 0.1) is 18.0 Å². The lowest BCUT2D eigenvalue weighted by Gasteiger charge is -2.50. The summed E-state index contributed by atoms with van der Waals surface area (Å²) in [5.41, 5.74) is 3.12. The Bertz CT molecular complexity index is 1130. The Morgan fingerprint density at radius 1 is 1.22 bits per heavy atom. The lowest BCUT2D eigenvalue weighted by Crippen LogP contribution is -2.54. The molecule has 0 saturated carbocycles. The third-order valence-electron chi connectivity index (χ3n) is 6.92. The minimum Gasteiger partial charge on any atom is -0.391 e. The summed E-state index contributed by atoms with van der Waals surface area (Å²) < 4.78 is 0. The van der Waals surface area contributed by atoms with Gasteiger partial charge in [-0.15, -0.1) is 0 Å². The summed E-state index contributed by atoms with van der Waals surface area (Å²) in [4.78, 5) is 25.9. The molecule has 2 aromatic heterocycles. The van der Waals surface area contributed by atoms with Crippen LogP contribution in [-0.2, 0) is 11.2 Å². The number of pyridine rings is 1. The Kier molecular flexibility index (Phi) is 5.33. The predicted molar refractivity (Wildman–Crippen MR) is 122 cm³/mol. The second kappa shape index (κ2) is 8.16. The van der Waals surface area contributed by atoms with Gasteiger partial charge in [-0.05, 0) is 50.7 Å². The summed E-state index contributed by atoms with van der Waals surface area (Å²) in [7, 11) is 0. The number of piperidine rings is 2. The van der Waals surface area contributed by atoms with Gasteiger partial charge in [-0.25, -0.2) is 4.98 Å². The molecule has 2 N–H and O–H groups in total. The molecule has 8 heteroatoms. The van der Waals surface area contributed by atoms with Crippen LogP contribution in [-0.4, -0.2) is 68.4 Å². The molecular weight excluding hydrogens is 404 g/mol. The first-order valence-corrected chi connectivity index (χ1v) is 11.4. The standard InChI is InChI=1S/C24H30N6O2/c1-16-11-21(19-5-3-4-6-20(19)25-16)30-14-18(31)13-24(15-30)7-9-29(10-8-24)23(32)12-22-26-17(2)27-28-22/h3-6,11,18,31H,7-10,12-15H2,1-2H3,(H,26,27,28). The van der Waals surface area contributed by atoms with Gasteiger partial charge in [-0.2, -0.15) is 5.10 Å². The maximum absolute atomic E-state index is 12.7. The van der Waals surface area contributed by atoms with E-state index < -0.39 is 0 Å². The van der Waals surface area contributed by atoms with Crippen LogP contribution in [0, 0.1) is 19.3 Å². The van der Waals surface area contributed by atoms with Crippen molar-refractivity contribution in [2.75, 3.05) is 31.1 Å². The normalized spacial score (nSPS) is 20.8. The summed E-state index contributed by atoms with van der Waals surface area (Å²) in [5.74, 6) is 1.34. The predicted octanol–water partition coefficient (Wildman–Crippen LogP) is 2.39. The molecule has 1 unspecified atom stereocenters. The Balaban J connectivity index is 1.32. The van der Waals surface area contributed by atoms with E-state index in [0.29, 0.717) is 25.5 Å². The van der Waals surface area contributed by atoms with Gasteiger partial charge in [0.1, 0.15) is 5.82 Å². The van der Waals surface area contributed by atoms with Crippen molar-refractivity contribution in [3.8, 4) is 0 Å². The minimum atomic E-state index is -0.380. The Morgan fingerprint density at radius 2 is 2.00 bits per heavy atom. The van der Waals surface area contributed by atoms with E-state index in [2.05, 4.69) is 37.2 Å². The highest BCUT2D eigenvalue weighted by Gasteiger charge is 2.42. The van der Waals surface area contributed by atoms with Crippen molar-refractivity contribution in [3.05, 3.63) is 47.7 Å². The summed E-state index contributed by atoms with van der Waals surface area (Å²) in [6, 6.07) is 10.3. The second-order valence-corrected chi connectivity index (χ2v) is 9.43. The molecule has 2 saturated heterocycles. The van der Waals surface area contributed by atoms with Gasteiger partial charge in [0.2, 0.25) is 5.91 Å². The highest BCUT2D eigenvalue weighted by atomic mass is 16.3. The molecule has 4 heterocycles. The van der Waals surface area contributed by atoms with E-state index in [1.807, 2.05) is 36.9 Å². The molecule has 0 radical (unpaired) electrons. The van der Waals surface area contributed by atoms with Gasteiger partial charge in [-0.3, -0.25) is 14.9 Å². The molecule has 2 aliphatic heterocycles. The number of aliphatic hydroxyl groups is 1. The zero-order chi connectivity index (χ0) is 22.3. The molecule has 2 fully saturated rings. The van der Waals surface area contributed by atoms with Crippen LogP contribution in [0.4, 0.5) is 5.69 Å². The highest BCUT2D eigenvalue weighted by Crippen LogP contribution is 2.42. The number of rotatable bonds is 3. The van der Waals surface area contributed by atoms with Crippen molar-refractivity contribution >= 4 is 22.5 Å². The number of fused-ring (bicyclic) bond motifs is 1. The van der Waals surface area contributed by atoms with Crippen molar-refractivity contribution < 1.29 is 9.90 Å². The number of benzene rings is 1. The number of aryl methyl sites for hydroxylation is 2. The summed E-state index contributed by atoms with van der Waals surface area (Å²) >= 11 is 0. The van der Waals surface area contributed by atoms with Crippen LogP contribution in [0.1, 0.15) is 36.6 Å². The number of likely N-dealkylation sites (tertiary alicyclic amines) is 1. The summed E-state index contributed by atoms with van der Waals surface area (Å²) in [6.07, 6.45) is 2.42. The maximum Gasteiger partial charge on any atom is 0.230 e. The van der Waals surface area contributed by atoms with E-state index in [4.69, 9.17) is 0 Å². The third kappa shape index (κ3) is 4.07. The lowest BCUT2D eigenvalue weighted by molar-refractivity contribution is -0.133. The van der Waals surface area contributed by atoms with Gasteiger partial charge < -0.3 is 14.9 Å². The second-order valence-electron chi connectivity index (χ2n) is 9.43. The monoisotopic (exact) mass is 434 g/mol. The number of aromatic amines is 1. The average Bonchev–Trinajstić information content (AvgIpc) is 3.17. The van der Waals surface area contributed by atoms with E-state index in [0.717, 1.165) is 53.9 Å². The van der Waals surface area contributed by atoms with Gasteiger partial charge in [-0.1, -0.05) is 18.2 Å². The molecule has 0 aliphatic carbocycles. The van der Waals surface area contributed by atoms with Crippen molar-refractivity contribution in [2.24, 2.45) is 5.41 Å². The van der Waals surface area contributed by atoms with Crippen LogP contribution < -0.4 is 4.90 Å². The number of carbonyl (C=O) groups excluding carboxylic acids is 1. The molecule has 1 atom stereocenters. The van der Waals surface area contributed by atoms with Crippen molar-refractivity contribution in [3.63, 3.8) is 0 Å². The summed E-state index contributed by atoms with van der Waals surface area (Å²) in [6.45, 7) is 6.78. The molecule has 1 amide bonds. The lowest BCUT2D eigenvalue weighted by atomic mass is 9.71. The number of hydrogen-bond donors (Lipinski definition) is 2. The number of H-pyrrole nitrogens is 1. The molecule has 5 rings (SSSR count). The van der Waals surface area contributed by atoms with Gasteiger partial charge in [0.15, 0.2) is 5.82 Å². The number of hydrogen-bond acceptors (Lipinski definition) is 6. The maximum atomic E-state index is 12.7. The van der Waals surface area contributed by atoms with E-state index in [9.17, 15) is 9.90 Å². The molecular formula is C24H30N6O2. The van der Waals surface area contributed by atoms with Crippen LogP contribution in [0.15, 0.2) is 30.3 Å². The van der Waals surface area contributed by atoms with Gasteiger partial charge >= 0.3 is 0 Å². The number of β-amino-alcohol motifs (C(OH)–C–C–N with tert-alkyl or cyclic N) is 1. The third-order valence-corrected chi connectivity index (χ3v) is 6.92. The zero-order valence-electron chi connectivity index (χ0n) is 18.7. The first-order valence-electron chi connectivity index (χ1n) is 11.4. The van der Waals surface area contributed by atoms with Crippen LogP contribution in [0.3, 0.4) is 0 Å². The van der Waals surface area contributed by atoms with Crippen LogP contribution in [0.25, 0.3) is 10.9 Å². The smallest absolute Gasteiger partial charge is 0.230 e. The molecule has 8 nitrogen and oxygen atoms in total. The Hall–Kier alpha value is -3.00. The molecule has 2 aliphatic rings. The van der Waals surface area contributed by atoms with Crippen LogP contribution in [0.5, 0.6) is 0 Å². The molecule has 32 heavy (non-hydrogen) atoms. The SMILES string of the molecule is Cc1cc(N2CC(O)CC3(CCN(C(=O)Cc4n[nH]c(C)n4)CC3)C2)c2ccccc2n1. The number of aromatic nitrogens is 4. The number of anilines is 1. The number of carbonyl (C=O) groups is 1. The molecule has 3 aromatic rings. The number of para-hydroxylation sites is 1. The van der Waals surface area contributed by atoms with Crippen LogP contribution in [0.2, 0.25) is 0 Å². The quantitative estimate of drug-likeness (QED) is 0.657. The van der Waals surface area contributed by atoms with E-state index in [1.165, 1.54) is 0 Å². The molecule has 1 spiro atoms. The fourth-order valence-corrected chi connectivity index (χ4v) is 5.39. The number of nitrogens with zero attached hydrogens (tertiary/aromatic N) is 5. The first kappa shape index (κ1) is 20.9. The van der Waals surface area contributed by atoms with E-state index >= 15 is 0 Å². The fraction of sp³-hybridized carbons (Fsp3) is 0.500. The Labute approximate surface area is 187 Å². The Morgan fingerprint density at radius 3 is 2.75 bits per heavy atom. The highest BCUT2D eigenvalue weighted by molar-refractivity contribution is 5.92. The van der Waals surface area contributed by atoms with Crippen molar-refractivity contribution in [2.45, 2.75) is 45.6 Å². The zero-order valence-corrected chi connectivity index (χ0v) is 18.7. The summed E-state index contributed by atoms with van der Waals surface area (Å²) in [5, 5.41) is 18.8. The van der Waals surface area contributed by atoms with Crippen LogP contribution >= 0.6 is 0 Å². The topological polar surface area (TPSA) is 98.2 Å². The van der Waals surface area contributed by atoms with E-state index in [-0.39, 0.29) is 23.8 Å². The fourth-order valence-electron chi connectivity index (χ4n) is 5.39. The van der Waals surface area contributed by atoms with Gasteiger partial charge in [0.25, 0.3) is 0 Å². The van der Waals surface area contributed by atoms with E-state index in [1.54, 1.807) is 0 Å². The first-order chi connectivity index (χ1) is 15.4. The number of nitrogens with one attached hydrogen (secondary N) is 1. The number of amides is 1. The largest absolute Gasteiger partial charge is 0.391 e.